The molecule has 1 aromatic rings. The Morgan fingerprint density at radius 1 is 1.45 bits per heavy atom. The second-order valence-corrected chi connectivity index (χ2v) is 4.83. The van der Waals surface area contributed by atoms with Crippen LogP contribution in [0.25, 0.3) is 0 Å². The van der Waals surface area contributed by atoms with Crippen molar-refractivity contribution in [1.82, 2.24) is 14.7 Å². The van der Waals surface area contributed by atoms with Crippen molar-refractivity contribution in [2.75, 3.05) is 12.3 Å². The molecule has 1 aromatic heterocycles. The lowest BCUT2D eigenvalue weighted by Crippen LogP contribution is -2.44. The van der Waals surface area contributed by atoms with Crippen molar-refractivity contribution >= 4 is 11.6 Å². The fourth-order valence-electron chi connectivity index (χ4n) is 1.93. The van der Waals surface area contributed by atoms with Crippen LogP contribution in [-0.2, 0) is 13.5 Å². The Morgan fingerprint density at radius 3 is 2.35 bits per heavy atom. The Hall–Kier alpha value is -1.73. The zero-order valence-electron chi connectivity index (χ0n) is 12.0. The summed E-state index contributed by atoms with van der Waals surface area (Å²) >= 11 is 0. The van der Waals surface area contributed by atoms with Crippen LogP contribution in [0.5, 0.6) is 0 Å². The molecule has 0 radical (unpaired) electrons. The summed E-state index contributed by atoms with van der Waals surface area (Å²) in [7, 11) is 1.49. The molecule has 0 aliphatic carbocycles. The third-order valence-electron chi connectivity index (χ3n) is 2.93. The van der Waals surface area contributed by atoms with E-state index in [4.69, 9.17) is 5.73 Å². The summed E-state index contributed by atoms with van der Waals surface area (Å²) in [4.78, 5) is 13.1. The van der Waals surface area contributed by atoms with Crippen LogP contribution >= 0.6 is 0 Å². The highest BCUT2D eigenvalue weighted by Gasteiger charge is 2.36. The van der Waals surface area contributed by atoms with Crippen LogP contribution in [0.2, 0.25) is 0 Å². The van der Waals surface area contributed by atoms with Gasteiger partial charge in [-0.05, 0) is 20.3 Å². The van der Waals surface area contributed by atoms with Gasteiger partial charge in [-0.1, -0.05) is 6.92 Å². The van der Waals surface area contributed by atoms with E-state index in [0.29, 0.717) is 12.1 Å². The molecule has 20 heavy (non-hydrogen) atoms. The second kappa shape index (κ2) is 5.72. The molecule has 0 aliphatic heterocycles. The molecule has 0 spiro atoms. The predicted octanol–water partition coefficient (Wildman–Crippen LogP) is 1.98. The third-order valence-corrected chi connectivity index (χ3v) is 2.93. The van der Waals surface area contributed by atoms with Crippen molar-refractivity contribution in [3.63, 3.8) is 0 Å². The summed E-state index contributed by atoms with van der Waals surface area (Å²) in [6, 6.07) is -0.594. The summed E-state index contributed by atoms with van der Waals surface area (Å²) in [6.07, 6.45) is -3.95. The van der Waals surface area contributed by atoms with Gasteiger partial charge < -0.3 is 10.6 Å². The van der Waals surface area contributed by atoms with Crippen LogP contribution in [-0.4, -0.2) is 39.4 Å². The highest BCUT2D eigenvalue weighted by Crippen LogP contribution is 2.23. The van der Waals surface area contributed by atoms with E-state index in [9.17, 15) is 18.0 Å². The quantitative estimate of drug-likeness (QED) is 0.923. The zero-order chi connectivity index (χ0) is 15.7. The number of alkyl halides is 3. The van der Waals surface area contributed by atoms with Gasteiger partial charge in [0.05, 0.1) is 11.4 Å². The van der Waals surface area contributed by atoms with Crippen LogP contribution in [0.4, 0.5) is 18.9 Å². The first kappa shape index (κ1) is 16.3. The maximum Gasteiger partial charge on any atom is 0.406 e. The molecule has 5 nitrogen and oxygen atoms in total. The Labute approximate surface area is 115 Å². The molecule has 8 heteroatoms. The fraction of sp³-hybridized carbons (Fsp3) is 0.667. The van der Waals surface area contributed by atoms with Gasteiger partial charge in [0.15, 0.2) is 0 Å². The van der Waals surface area contributed by atoms with Crippen molar-refractivity contribution in [2.45, 2.75) is 39.4 Å². The molecule has 0 bridgehead atoms. The Bertz CT molecular complexity index is 494. The smallest absolute Gasteiger partial charge is 0.395 e. The monoisotopic (exact) mass is 292 g/mol. The van der Waals surface area contributed by atoms with Crippen LogP contribution < -0.4 is 5.73 Å². The standard InChI is InChI=1S/C12H19F3N4O/c1-5-8-9(16)10(18(4)17-8)11(20)19(7(2)3)6-12(13,14)15/h7H,5-6,16H2,1-4H3. The molecule has 0 aromatic carbocycles. The second-order valence-electron chi connectivity index (χ2n) is 4.83. The first-order valence-corrected chi connectivity index (χ1v) is 6.27. The number of hydrogen-bond acceptors (Lipinski definition) is 3. The summed E-state index contributed by atoms with van der Waals surface area (Å²) in [5.41, 5.74) is 6.46. The topological polar surface area (TPSA) is 64.2 Å². The van der Waals surface area contributed by atoms with Gasteiger partial charge in [0.1, 0.15) is 12.2 Å². The van der Waals surface area contributed by atoms with Gasteiger partial charge in [-0.2, -0.15) is 18.3 Å². The van der Waals surface area contributed by atoms with E-state index in [1.807, 2.05) is 6.92 Å². The number of rotatable bonds is 4. The van der Waals surface area contributed by atoms with Crippen LogP contribution in [0, 0.1) is 0 Å². The minimum absolute atomic E-state index is 0.000185. The molecule has 0 fully saturated rings. The largest absolute Gasteiger partial charge is 0.406 e. The van der Waals surface area contributed by atoms with Gasteiger partial charge in [0.2, 0.25) is 0 Å². The van der Waals surface area contributed by atoms with Crippen molar-refractivity contribution in [1.29, 1.82) is 0 Å². The normalized spacial score (nSPS) is 12.0. The number of amides is 1. The zero-order valence-corrected chi connectivity index (χ0v) is 12.0. The maximum absolute atomic E-state index is 12.6. The third kappa shape index (κ3) is 3.43. The van der Waals surface area contributed by atoms with Gasteiger partial charge in [-0.15, -0.1) is 0 Å². The fourth-order valence-corrected chi connectivity index (χ4v) is 1.93. The SMILES string of the molecule is CCc1nn(C)c(C(=O)N(CC(F)(F)F)C(C)C)c1N. The van der Waals surface area contributed by atoms with Gasteiger partial charge in [-0.3, -0.25) is 9.48 Å². The highest BCUT2D eigenvalue weighted by molar-refractivity contribution is 5.98. The lowest BCUT2D eigenvalue weighted by molar-refractivity contribution is -0.143. The van der Waals surface area contributed by atoms with E-state index in [2.05, 4.69) is 5.10 Å². The summed E-state index contributed by atoms with van der Waals surface area (Å²) in [5, 5.41) is 4.05. The number of nitrogen functional groups attached to an aromatic ring is 1. The van der Waals surface area contributed by atoms with Crippen molar-refractivity contribution in [3.05, 3.63) is 11.4 Å². The molecule has 2 N–H and O–H groups in total. The molecular formula is C12H19F3N4O. The van der Waals surface area contributed by atoms with E-state index in [-0.39, 0.29) is 11.4 Å². The van der Waals surface area contributed by atoms with Crippen molar-refractivity contribution in [3.8, 4) is 0 Å². The highest BCUT2D eigenvalue weighted by atomic mass is 19.4. The van der Waals surface area contributed by atoms with Gasteiger partial charge in [0, 0.05) is 13.1 Å². The van der Waals surface area contributed by atoms with Crippen LogP contribution in [0.1, 0.15) is 37.0 Å². The maximum atomic E-state index is 12.6. The molecule has 0 unspecified atom stereocenters. The summed E-state index contributed by atoms with van der Waals surface area (Å²) in [6.45, 7) is 3.55. The number of halogens is 3. The Morgan fingerprint density at radius 2 is 2.00 bits per heavy atom. The number of nitrogens with two attached hydrogens (primary N) is 1. The molecule has 0 aliphatic rings. The molecule has 1 amide bonds. The van der Waals surface area contributed by atoms with Crippen LogP contribution in [0.15, 0.2) is 0 Å². The average molecular weight is 292 g/mol. The number of aryl methyl sites for hydroxylation is 2. The van der Waals surface area contributed by atoms with Gasteiger partial charge >= 0.3 is 6.18 Å². The van der Waals surface area contributed by atoms with Crippen LogP contribution in [0.3, 0.4) is 0 Å². The first-order chi connectivity index (χ1) is 9.08. The number of aromatic nitrogens is 2. The molecule has 0 saturated heterocycles. The number of hydrogen-bond donors (Lipinski definition) is 1. The van der Waals surface area contributed by atoms with E-state index in [1.54, 1.807) is 0 Å². The van der Waals surface area contributed by atoms with E-state index in [0.717, 1.165) is 4.90 Å². The van der Waals surface area contributed by atoms with Crippen molar-refractivity contribution < 1.29 is 18.0 Å². The van der Waals surface area contributed by atoms with E-state index >= 15 is 0 Å². The molecule has 0 saturated carbocycles. The summed E-state index contributed by atoms with van der Waals surface area (Å²) in [5.74, 6) is -0.760. The minimum atomic E-state index is -4.46. The Kier molecular flexibility index (Phi) is 4.67. The number of nitrogens with zero attached hydrogens (tertiary/aromatic N) is 3. The van der Waals surface area contributed by atoms with E-state index < -0.39 is 24.7 Å². The number of carbonyl (C=O) groups is 1. The predicted molar refractivity (Wildman–Crippen MR) is 69.2 cm³/mol. The Balaban J connectivity index is 3.17. The minimum Gasteiger partial charge on any atom is -0.395 e. The molecule has 1 rings (SSSR count). The number of carbonyl (C=O) groups excluding carboxylic acids is 1. The van der Waals surface area contributed by atoms with Gasteiger partial charge in [0.25, 0.3) is 5.91 Å². The van der Waals surface area contributed by atoms with Crippen molar-refractivity contribution in [2.24, 2.45) is 7.05 Å². The average Bonchev–Trinajstić information content (AvgIpc) is 2.59. The molecule has 114 valence electrons. The lowest BCUT2D eigenvalue weighted by atomic mass is 10.2. The summed E-state index contributed by atoms with van der Waals surface area (Å²) < 4.78 is 38.9. The lowest BCUT2D eigenvalue weighted by Gasteiger charge is -2.27. The molecular weight excluding hydrogens is 273 g/mol. The van der Waals surface area contributed by atoms with Gasteiger partial charge in [-0.25, -0.2) is 0 Å². The first-order valence-electron chi connectivity index (χ1n) is 6.27. The van der Waals surface area contributed by atoms with E-state index in [1.165, 1.54) is 25.6 Å². The number of anilines is 1. The molecule has 1 heterocycles. The molecule has 0 atom stereocenters.